The van der Waals surface area contributed by atoms with Crippen LogP contribution < -0.4 is 5.32 Å². The molecule has 1 unspecified atom stereocenters. The maximum Gasteiger partial charge on any atom is 0.175 e. The molecule has 0 bridgehead atoms. The molecule has 18 heavy (non-hydrogen) atoms. The van der Waals surface area contributed by atoms with Crippen molar-refractivity contribution in [2.24, 2.45) is 7.05 Å². The normalized spacial score (nSPS) is 12.6. The second kappa shape index (κ2) is 5.68. The highest BCUT2D eigenvalue weighted by atomic mass is 19.1. The van der Waals surface area contributed by atoms with E-state index in [1.807, 2.05) is 7.05 Å². The minimum Gasteiger partial charge on any atom is -0.319 e. The third-order valence-corrected chi connectivity index (χ3v) is 2.77. The number of aryl methyl sites for hydroxylation is 1. The van der Waals surface area contributed by atoms with Crippen LogP contribution in [0.4, 0.5) is 4.39 Å². The van der Waals surface area contributed by atoms with Crippen molar-refractivity contribution in [3.63, 3.8) is 0 Å². The fraction of sp³-hybridized carbons (Fsp3) is 0.417. The van der Waals surface area contributed by atoms with Crippen LogP contribution in [0.1, 0.15) is 17.3 Å². The molecule has 2 aromatic rings. The molecule has 0 saturated heterocycles. The first kappa shape index (κ1) is 12.6. The van der Waals surface area contributed by atoms with Crippen LogP contribution in [0, 0.1) is 5.82 Å². The van der Waals surface area contributed by atoms with Crippen LogP contribution in [0.15, 0.2) is 24.3 Å². The minimum absolute atomic E-state index is 0.208. The monoisotopic (exact) mass is 249 g/mol. The summed E-state index contributed by atoms with van der Waals surface area (Å²) in [6.07, 6.45) is 0.681. The van der Waals surface area contributed by atoms with Gasteiger partial charge >= 0.3 is 0 Å². The first-order valence-electron chi connectivity index (χ1n) is 5.82. The van der Waals surface area contributed by atoms with E-state index in [0.29, 0.717) is 12.2 Å². The van der Waals surface area contributed by atoms with Crippen molar-refractivity contribution in [1.82, 2.24) is 25.5 Å². The molecule has 5 nitrogen and oxygen atoms in total. The van der Waals surface area contributed by atoms with E-state index in [4.69, 9.17) is 0 Å². The highest BCUT2D eigenvalue weighted by molar-refractivity contribution is 5.21. The lowest BCUT2D eigenvalue weighted by Gasteiger charge is -2.15. The molecule has 0 amide bonds. The van der Waals surface area contributed by atoms with E-state index >= 15 is 0 Å². The van der Waals surface area contributed by atoms with Gasteiger partial charge in [0.2, 0.25) is 0 Å². The Labute approximate surface area is 105 Å². The molecule has 0 spiro atoms. The summed E-state index contributed by atoms with van der Waals surface area (Å²) >= 11 is 0. The zero-order chi connectivity index (χ0) is 13.0. The Hall–Kier alpha value is -1.82. The average Bonchev–Trinajstić information content (AvgIpc) is 2.75. The maximum absolute atomic E-state index is 12.9. The molecule has 0 saturated carbocycles. The zero-order valence-corrected chi connectivity index (χ0v) is 10.5. The molecular formula is C12H16FN5. The number of tetrazole rings is 1. The van der Waals surface area contributed by atoms with Crippen molar-refractivity contribution < 1.29 is 4.39 Å². The summed E-state index contributed by atoms with van der Waals surface area (Å²) in [4.78, 5) is 1.44. The number of hydrogen-bond donors (Lipinski definition) is 1. The van der Waals surface area contributed by atoms with E-state index in [2.05, 4.69) is 20.7 Å². The van der Waals surface area contributed by atoms with E-state index in [-0.39, 0.29) is 11.7 Å². The standard InChI is InChI=1S/C12H16FN5/c1-14-8-10(7-12-15-17-18(2)16-12)9-3-5-11(13)6-4-9/h3-6,10,14H,7-8H2,1-2H3. The van der Waals surface area contributed by atoms with Gasteiger partial charge in [0.05, 0.1) is 7.05 Å². The van der Waals surface area contributed by atoms with Crippen LogP contribution in [0.5, 0.6) is 0 Å². The number of likely N-dealkylation sites (N-methyl/N-ethyl adjacent to an activating group) is 1. The lowest BCUT2D eigenvalue weighted by Crippen LogP contribution is -2.19. The molecule has 1 aromatic carbocycles. The van der Waals surface area contributed by atoms with Gasteiger partial charge in [-0.3, -0.25) is 0 Å². The molecule has 1 aromatic heterocycles. The summed E-state index contributed by atoms with van der Waals surface area (Å²) in [5, 5.41) is 15.1. The van der Waals surface area contributed by atoms with Crippen LogP contribution in [0.2, 0.25) is 0 Å². The number of nitrogens with zero attached hydrogens (tertiary/aromatic N) is 4. The van der Waals surface area contributed by atoms with Crippen molar-refractivity contribution >= 4 is 0 Å². The van der Waals surface area contributed by atoms with Crippen molar-refractivity contribution in [3.8, 4) is 0 Å². The summed E-state index contributed by atoms with van der Waals surface area (Å²) in [7, 11) is 3.63. The van der Waals surface area contributed by atoms with Gasteiger partial charge in [0.15, 0.2) is 5.82 Å². The second-order valence-electron chi connectivity index (χ2n) is 4.21. The lowest BCUT2D eigenvalue weighted by atomic mass is 9.95. The van der Waals surface area contributed by atoms with Crippen molar-refractivity contribution in [1.29, 1.82) is 0 Å². The molecule has 6 heteroatoms. The van der Waals surface area contributed by atoms with Gasteiger partial charge in [-0.15, -0.1) is 10.2 Å². The largest absolute Gasteiger partial charge is 0.319 e. The Morgan fingerprint density at radius 2 is 2.06 bits per heavy atom. The van der Waals surface area contributed by atoms with Crippen LogP contribution in [-0.4, -0.2) is 33.8 Å². The second-order valence-corrected chi connectivity index (χ2v) is 4.21. The minimum atomic E-state index is -0.223. The van der Waals surface area contributed by atoms with Gasteiger partial charge in [0.25, 0.3) is 0 Å². The number of aromatic nitrogens is 4. The molecular weight excluding hydrogens is 233 g/mol. The third kappa shape index (κ3) is 3.10. The summed E-state index contributed by atoms with van der Waals surface area (Å²) < 4.78 is 12.9. The van der Waals surface area contributed by atoms with Gasteiger partial charge in [-0.25, -0.2) is 4.39 Å². The quantitative estimate of drug-likeness (QED) is 0.855. The molecule has 1 atom stereocenters. The van der Waals surface area contributed by atoms with E-state index < -0.39 is 0 Å². The van der Waals surface area contributed by atoms with Crippen molar-refractivity contribution in [3.05, 3.63) is 41.5 Å². The first-order valence-corrected chi connectivity index (χ1v) is 5.82. The number of benzene rings is 1. The van der Waals surface area contributed by atoms with Gasteiger partial charge < -0.3 is 5.32 Å². The van der Waals surface area contributed by atoms with Gasteiger partial charge in [0, 0.05) is 18.9 Å². The molecule has 0 fully saturated rings. The smallest absolute Gasteiger partial charge is 0.175 e. The van der Waals surface area contributed by atoms with E-state index in [9.17, 15) is 4.39 Å². The number of hydrogen-bond acceptors (Lipinski definition) is 4. The maximum atomic E-state index is 12.9. The SMILES string of the molecule is CNCC(Cc1nnn(C)n1)c1ccc(F)cc1. The van der Waals surface area contributed by atoms with E-state index in [1.165, 1.54) is 16.9 Å². The Balaban J connectivity index is 2.14. The zero-order valence-electron chi connectivity index (χ0n) is 10.5. The summed E-state index contributed by atoms with van der Waals surface area (Å²) in [5.74, 6) is 0.682. The van der Waals surface area contributed by atoms with Crippen molar-refractivity contribution in [2.45, 2.75) is 12.3 Å². The Kier molecular flexibility index (Phi) is 3.99. The Bertz CT molecular complexity index is 493. The average molecular weight is 249 g/mol. The summed E-state index contributed by atoms with van der Waals surface area (Å²) in [6.45, 7) is 0.782. The molecule has 0 aliphatic carbocycles. The van der Waals surface area contributed by atoms with Gasteiger partial charge in [0.1, 0.15) is 5.82 Å². The molecule has 1 heterocycles. The molecule has 2 rings (SSSR count). The predicted octanol–water partition coefficient (Wildman–Crippen LogP) is 0.895. The fourth-order valence-corrected chi connectivity index (χ4v) is 1.91. The topological polar surface area (TPSA) is 55.6 Å². The molecule has 96 valence electrons. The Morgan fingerprint density at radius 1 is 1.33 bits per heavy atom. The summed E-state index contributed by atoms with van der Waals surface area (Å²) in [6, 6.07) is 6.55. The van der Waals surface area contributed by atoms with Crippen LogP contribution >= 0.6 is 0 Å². The predicted molar refractivity (Wildman–Crippen MR) is 65.6 cm³/mol. The number of nitrogens with one attached hydrogen (secondary N) is 1. The summed E-state index contributed by atoms with van der Waals surface area (Å²) in [5.41, 5.74) is 1.07. The van der Waals surface area contributed by atoms with Gasteiger partial charge in [-0.05, 0) is 30.0 Å². The van der Waals surface area contributed by atoms with Crippen LogP contribution in [0.25, 0.3) is 0 Å². The molecule has 1 N–H and O–H groups in total. The first-order chi connectivity index (χ1) is 8.69. The van der Waals surface area contributed by atoms with Gasteiger partial charge in [-0.1, -0.05) is 12.1 Å². The van der Waals surface area contributed by atoms with E-state index in [1.54, 1.807) is 19.2 Å². The lowest BCUT2D eigenvalue weighted by molar-refractivity contribution is 0.594. The van der Waals surface area contributed by atoms with Crippen molar-refractivity contribution in [2.75, 3.05) is 13.6 Å². The van der Waals surface area contributed by atoms with Crippen LogP contribution in [-0.2, 0) is 13.5 Å². The molecule has 0 aliphatic heterocycles. The molecule has 0 radical (unpaired) electrons. The highest BCUT2D eigenvalue weighted by Gasteiger charge is 2.14. The number of halogens is 1. The van der Waals surface area contributed by atoms with E-state index in [0.717, 1.165) is 12.1 Å². The molecule has 0 aliphatic rings. The Morgan fingerprint density at radius 3 is 2.61 bits per heavy atom. The van der Waals surface area contributed by atoms with Gasteiger partial charge in [-0.2, -0.15) is 4.80 Å². The van der Waals surface area contributed by atoms with Crippen LogP contribution in [0.3, 0.4) is 0 Å². The third-order valence-electron chi connectivity index (χ3n) is 2.77. The number of rotatable bonds is 5. The fourth-order valence-electron chi connectivity index (χ4n) is 1.91. The highest BCUT2D eigenvalue weighted by Crippen LogP contribution is 2.19.